The number of nitriles is 1. The normalized spacial score (nSPS) is 11.7. The van der Waals surface area contributed by atoms with Gasteiger partial charge in [0, 0.05) is 19.7 Å². The quantitative estimate of drug-likeness (QED) is 0.810. The van der Waals surface area contributed by atoms with Gasteiger partial charge in [-0.15, -0.1) is 0 Å². The fourth-order valence-corrected chi connectivity index (χ4v) is 1.40. The van der Waals surface area contributed by atoms with E-state index in [4.69, 9.17) is 5.26 Å². The van der Waals surface area contributed by atoms with E-state index in [1.165, 1.54) is 11.9 Å². The van der Waals surface area contributed by atoms with E-state index in [0.717, 1.165) is 12.1 Å². The largest absolute Gasteiger partial charge is 0.340 e. The fourth-order valence-electron chi connectivity index (χ4n) is 1.40. The van der Waals surface area contributed by atoms with Crippen LogP contribution in [0.2, 0.25) is 0 Å². The van der Waals surface area contributed by atoms with Crippen LogP contribution in [0.5, 0.6) is 0 Å². The van der Waals surface area contributed by atoms with Gasteiger partial charge in [-0.05, 0) is 19.1 Å². The molecule has 1 rings (SSSR count). The standard InChI is InChI=1S/C12H12F2N2O/c1-8(6-15)7-16(2)12(17)10-4-3-9(13)5-11(10)14/h3-5,8H,7H2,1-2H3. The molecule has 0 bridgehead atoms. The van der Waals surface area contributed by atoms with E-state index < -0.39 is 17.5 Å². The molecule has 3 nitrogen and oxygen atoms in total. The van der Waals surface area contributed by atoms with Crippen molar-refractivity contribution in [3.05, 3.63) is 35.4 Å². The molecule has 0 N–H and O–H groups in total. The van der Waals surface area contributed by atoms with Crippen molar-refractivity contribution >= 4 is 5.91 Å². The lowest BCUT2D eigenvalue weighted by Crippen LogP contribution is -2.31. The highest BCUT2D eigenvalue weighted by atomic mass is 19.1. The van der Waals surface area contributed by atoms with Gasteiger partial charge >= 0.3 is 0 Å². The van der Waals surface area contributed by atoms with Crippen LogP contribution in [-0.4, -0.2) is 24.4 Å². The van der Waals surface area contributed by atoms with E-state index in [9.17, 15) is 13.6 Å². The minimum atomic E-state index is -0.897. The Morgan fingerprint density at radius 1 is 1.53 bits per heavy atom. The molecule has 1 aromatic carbocycles. The van der Waals surface area contributed by atoms with Crippen molar-refractivity contribution < 1.29 is 13.6 Å². The number of amides is 1. The highest BCUT2D eigenvalue weighted by Crippen LogP contribution is 2.12. The summed E-state index contributed by atoms with van der Waals surface area (Å²) in [7, 11) is 1.47. The molecule has 1 unspecified atom stereocenters. The summed E-state index contributed by atoms with van der Waals surface area (Å²) in [5.74, 6) is -2.53. The lowest BCUT2D eigenvalue weighted by molar-refractivity contribution is 0.0780. The first-order chi connectivity index (χ1) is 7.95. The monoisotopic (exact) mass is 238 g/mol. The molecule has 90 valence electrons. The molecule has 0 spiro atoms. The molecule has 17 heavy (non-hydrogen) atoms. The Labute approximate surface area is 98.3 Å². The molecule has 0 radical (unpaired) electrons. The van der Waals surface area contributed by atoms with E-state index >= 15 is 0 Å². The average molecular weight is 238 g/mol. The summed E-state index contributed by atoms with van der Waals surface area (Å²) in [4.78, 5) is 13.0. The van der Waals surface area contributed by atoms with Crippen molar-refractivity contribution in [2.24, 2.45) is 5.92 Å². The van der Waals surface area contributed by atoms with Crippen LogP contribution in [-0.2, 0) is 0 Å². The molecule has 0 aromatic heterocycles. The van der Waals surface area contributed by atoms with Crippen molar-refractivity contribution in [1.29, 1.82) is 5.26 Å². The summed E-state index contributed by atoms with van der Waals surface area (Å²) in [6, 6.07) is 4.76. The van der Waals surface area contributed by atoms with Crippen LogP contribution in [0.25, 0.3) is 0 Å². The van der Waals surface area contributed by atoms with Gasteiger partial charge in [0.05, 0.1) is 17.6 Å². The number of hydrogen-bond acceptors (Lipinski definition) is 2. The Morgan fingerprint density at radius 2 is 2.18 bits per heavy atom. The number of nitrogens with zero attached hydrogens (tertiary/aromatic N) is 2. The van der Waals surface area contributed by atoms with Crippen LogP contribution in [0.4, 0.5) is 8.78 Å². The molecule has 0 heterocycles. The number of halogens is 2. The van der Waals surface area contributed by atoms with Gasteiger partial charge in [0.1, 0.15) is 11.6 Å². The molecule has 0 saturated carbocycles. The topological polar surface area (TPSA) is 44.1 Å². The Morgan fingerprint density at radius 3 is 2.71 bits per heavy atom. The summed E-state index contributed by atoms with van der Waals surface area (Å²) in [6.45, 7) is 1.86. The number of carbonyl (C=O) groups excluding carboxylic acids is 1. The van der Waals surface area contributed by atoms with Crippen molar-refractivity contribution in [3.8, 4) is 6.07 Å². The third kappa shape index (κ3) is 3.25. The van der Waals surface area contributed by atoms with Crippen LogP contribution in [0.15, 0.2) is 18.2 Å². The molecule has 1 atom stereocenters. The fraction of sp³-hybridized carbons (Fsp3) is 0.333. The zero-order valence-corrected chi connectivity index (χ0v) is 9.58. The minimum Gasteiger partial charge on any atom is -0.340 e. The van der Waals surface area contributed by atoms with Gasteiger partial charge in [0.2, 0.25) is 0 Å². The first-order valence-corrected chi connectivity index (χ1v) is 5.06. The second-order valence-corrected chi connectivity index (χ2v) is 3.84. The second kappa shape index (κ2) is 5.39. The van der Waals surface area contributed by atoms with E-state index in [1.54, 1.807) is 6.92 Å². The third-order valence-electron chi connectivity index (χ3n) is 2.28. The van der Waals surface area contributed by atoms with Crippen LogP contribution in [0.1, 0.15) is 17.3 Å². The smallest absolute Gasteiger partial charge is 0.256 e. The summed E-state index contributed by atoms with van der Waals surface area (Å²) in [5.41, 5.74) is -0.195. The van der Waals surface area contributed by atoms with E-state index in [0.29, 0.717) is 6.07 Å². The molecule has 1 aromatic rings. The van der Waals surface area contributed by atoms with Gasteiger partial charge in [-0.2, -0.15) is 5.26 Å². The SMILES string of the molecule is CC(C#N)CN(C)C(=O)c1ccc(F)cc1F. The molecule has 1 amide bonds. The second-order valence-electron chi connectivity index (χ2n) is 3.84. The zero-order chi connectivity index (χ0) is 13.0. The predicted molar refractivity (Wildman–Crippen MR) is 58.1 cm³/mol. The van der Waals surface area contributed by atoms with Gasteiger partial charge in [0.25, 0.3) is 5.91 Å². The van der Waals surface area contributed by atoms with E-state index in [2.05, 4.69) is 0 Å². The van der Waals surface area contributed by atoms with Gasteiger partial charge in [-0.1, -0.05) is 0 Å². The summed E-state index contributed by atoms with van der Waals surface area (Å²) in [5, 5.41) is 8.62. The number of benzene rings is 1. The molecular formula is C12H12F2N2O. The highest BCUT2D eigenvalue weighted by Gasteiger charge is 2.18. The molecule has 0 aliphatic carbocycles. The Hall–Kier alpha value is -1.96. The van der Waals surface area contributed by atoms with Gasteiger partial charge in [0.15, 0.2) is 0 Å². The summed E-state index contributed by atoms with van der Waals surface area (Å²) < 4.78 is 26.0. The number of hydrogen-bond donors (Lipinski definition) is 0. The number of carbonyl (C=O) groups is 1. The van der Waals surface area contributed by atoms with Gasteiger partial charge in [-0.25, -0.2) is 8.78 Å². The maximum Gasteiger partial charge on any atom is 0.256 e. The van der Waals surface area contributed by atoms with Gasteiger partial charge < -0.3 is 4.90 Å². The highest BCUT2D eigenvalue weighted by molar-refractivity contribution is 5.94. The van der Waals surface area contributed by atoms with Crippen LogP contribution in [0.3, 0.4) is 0 Å². The van der Waals surface area contributed by atoms with Crippen molar-refractivity contribution in [2.75, 3.05) is 13.6 Å². The van der Waals surface area contributed by atoms with Crippen LogP contribution < -0.4 is 0 Å². The van der Waals surface area contributed by atoms with E-state index in [-0.39, 0.29) is 18.0 Å². The maximum atomic E-state index is 13.3. The van der Waals surface area contributed by atoms with Crippen molar-refractivity contribution in [1.82, 2.24) is 4.90 Å². The third-order valence-corrected chi connectivity index (χ3v) is 2.28. The summed E-state index contributed by atoms with van der Waals surface area (Å²) >= 11 is 0. The lowest BCUT2D eigenvalue weighted by Gasteiger charge is -2.18. The van der Waals surface area contributed by atoms with Crippen LogP contribution in [0, 0.1) is 28.9 Å². The molecular weight excluding hydrogens is 226 g/mol. The van der Waals surface area contributed by atoms with E-state index in [1.807, 2.05) is 6.07 Å². The van der Waals surface area contributed by atoms with Crippen molar-refractivity contribution in [3.63, 3.8) is 0 Å². The zero-order valence-electron chi connectivity index (χ0n) is 9.58. The first-order valence-electron chi connectivity index (χ1n) is 5.06. The Bertz CT molecular complexity index is 468. The Kier molecular flexibility index (Phi) is 4.16. The Balaban J connectivity index is 2.86. The molecule has 5 heteroatoms. The number of rotatable bonds is 3. The van der Waals surface area contributed by atoms with Gasteiger partial charge in [-0.3, -0.25) is 4.79 Å². The molecule has 0 fully saturated rings. The van der Waals surface area contributed by atoms with Crippen molar-refractivity contribution in [2.45, 2.75) is 6.92 Å². The molecule has 0 aliphatic heterocycles. The molecule has 0 aliphatic rings. The average Bonchev–Trinajstić information content (AvgIpc) is 2.28. The first kappa shape index (κ1) is 13.1. The minimum absolute atomic E-state index is 0.195. The maximum absolute atomic E-state index is 13.3. The predicted octanol–water partition coefficient (Wildman–Crippen LogP) is 2.20. The molecule has 0 saturated heterocycles. The van der Waals surface area contributed by atoms with Crippen LogP contribution >= 0.6 is 0 Å². The lowest BCUT2D eigenvalue weighted by atomic mass is 10.1. The summed E-state index contributed by atoms with van der Waals surface area (Å²) in [6.07, 6.45) is 0.